The Morgan fingerprint density at radius 1 is 1.05 bits per heavy atom. The first-order chi connectivity index (χ1) is 9.74. The third-order valence-corrected chi connectivity index (χ3v) is 6.47. The Bertz CT molecular complexity index is 544. The topological polar surface area (TPSA) is 40.6 Å². The fourth-order valence-corrected chi connectivity index (χ4v) is 4.18. The molecule has 1 aromatic heterocycles. The summed E-state index contributed by atoms with van der Waals surface area (Å²) in [4.78, 5) is 4.16. The van der Waals surface area contributed by atoms with Crippen molar-refractivity contribution in [3.63, 3.8) is 0 Å². The lowest BCUT2D eigenvalue weighted by atomic mass is 10.0. The van der Waals surface area contributed by atoms with Gasteiger partial charge in [0, 0.05) is 45.2 Å². The molecular weight excluding hydrogens is 270 g/mol. The van der Waals surface area contributed by atoms with Gasteiger partial charge in [0.25, 0.3) is 0 Å². The van der Waals surface area contributed by atoms with Crippen LogP contribution < -0.4 is 0 Å². The van der Waals surface area contributed by atoms with Gasteiger partial charge in [-0.3, -0.25) is 4.98 Å². The van der Waals surface area contributed by atoms with Crippen LogP contribution in [0.25, 0.3) is 10.8 Å². The largest absolute Gasteiger partial charge is 0.500 e. The van der Waals surface area contributed by atoms with Crippen LogP contribution in [0.3, 0.4) is 0 Å². The summed E-state index contributed by atoms with van der Waals surface area (Å²) in [6, 6.07) is 9.21. The van der Waals surface area contributed by atoms with Crippen molar-refractivity contribution in [3.05, 3.63) is 42.2 Å². The lowest BCUT2D eigenvalue weighted by Gasteiger charge is -2.24. The molecule has 4 nitrogen and oxygen atoms in total. The van der Waals surface area contributed by atoms with Crippen molar-refractivity contribution in [2.45, 2.75) is 18.9 Å². The average molecular weight is 291 g/mol. The number of nitrogens with zero attached hydrogens (tertiary/aromatic N) is 1. The van der Waals surface area contributed by atoms with Gasteiger partial charge in [0.1, 0.15) is 0 Å². The summed E-state index contributed by atoms with van der Waals surface area (Å²) in [6.07, 6.45) is 5.69. The van der Waals surface area contributed by atoms with E-state index in [0.717, 1.165) is 18.9 Å². The molecule has 0 spiro atoms. The molecule has 0 unspecified atom stereocenters. The van der Waals surface area contributed by atoms with E-state index in [0.29, 0.717) is 0 Å². The molecule has 20 heavy (non-hydrogen) atoms. The lowest BCUT2D eigenvalue weighted by Crippen LogP contribution is -2.42. The molecule has 1 heterocycles. The zero-order chi connectivity index (χ0) is 14.4. The van der Waals surface area contributed by atoms with Crippen molar-refractivity contribution >= 4 is 19.6 Å². The number of benzene rings is 1. The first kappa shape index (κ1) is 15.1. The maximum atomic E-state index is 5.45. The van der Waals surface area contributed by atoms with Crippen LogP contribution in [0.15, 0.2) is 36.7 Å². The summed E-state index contributed by atoms with van der Waals surface area (Å²) >= 11 is 0. The van der Waals surface area contributed by atoms with E-state index in [2.05, 4.69) is 29.2 Å². The zero-order valence-electron chi connectivity index (χ0n) is 12.3. The molecule has 0 saturated heterocycles. The van der Waals surface area contributed by atoms with E-state index in [1.54, 1.807) is 21.3 Å². The van der Waals surface area contributed by atoms with Gasteiger partial charge in [0.05, 0.1) is 0 Å². The van der Waals surface area contributed by atoms with E-state index >= 15 is 0 Å². The summed E-state index contributed by atoms with van der Waals surface area (Å²) in [7, 11) is 2.52. The van der Waals surface area contributed by atoms with Crippen LogP contribution in [0.1, 0.15) is 12.0 Å². The number of hydrogen-bond donors (Lipinski definition) is 0. The summed E-state index contributed by atoms with van der Waals surface area (Å²) in [5, 5.41) is 2.45. The monoisotopic (exact) mass is 291 g/mol. The molecule has 0 fully saturated rings. The number of aryl methyl sites for hydroxylation is 1. The molecule has 0 amide bonds. The zero-order valence-corrected chi connectivity index (χ0v) is 13.3. The molecule has 0 aliphatic heterocycles. The fourth-order valence-electron chi connectivity index (χ4n) is 2.46. The van der Waals surface area contributed by atoms with Gasteiger partial charge < -0.3 is 13.3 Å². The van der Waals surface area contributed by atoms with E-state index < -0.39 is 8.80 Å². The first-order valence-electron chi connectivity index (χ1n) is 6.72. The molecule has 0 N–H and O–H groups in total. The van der Waals surface area contributed by atoms with Crippen molar-refractivity contribution in [1.29, 1.82) is 0 Å². The molecule has 0 bridgehead atoms. The smallest absolute Gasteiger partial charge is 0.377 e. The van der Waals surface area contributed by atoms with E-state index in [9.17, 15) is 0 Å². The predicted molar refractivity (Wildman–Crippen MR) is 81.7 cm³/mol. The molecule has 0 aliphatic rings. The molecule has 2 aromatic rings. The highest BCUT2D eigenvalue weighted by Crippen LogP contribution is 2.22. The van der Waals surface area contributed by atoms with Crippen molar-refractivity contribution in [2.24, 2.45) is 0 Å². The van der Waals surface area contributed by atoms with Gasteiger partial charge in [0.2, 0.25) is 0 Å². The fraction of sp³-hybridized carbons (Fsp3) is 0.400. The summed E-state index contributed by atoms with van der Waals surface area (Å²) in [5.41, 5.74) is 1.33. The van der Waals surface area contributed by atoms with Gasteiger partial charge in [0.15, 0.2) is 0 Å². The van der Waals surface area contributed by atoms with Gasteiger partial charge in [-0.15, -0.1) is 0 Å². The van der Waals surface area contributed by atoms with Crippen molar-refractivity contribution in [2.75, 3.05) is 21.3 Å². The number of hydrogen-bond acceptors (Lipinski definition) is 4. The minimum absolute atomic E-state index is 0.817. The quantitative estimate of drug-likeness (QED) is 0.735. The Morgan fingerprint density at radius 2 is 1.80 bits per heavy atom. The van der Waals surface area contributed by atoms with Gasteiger partial charge in [-0.1, -0.05) is 18.2 Å². The molecule has 0 saturated carbocycles. The third kappa shape index (κ3) is 3.24. The average Bonchev–Trinajstić information content (AvgIpc) is 2.52. The number of pyridine rings is 1. The number of aromatic nitrogens is 1. The highest BCUT2D eigenvalue weighted by molar-refractivity contribution is 6.60. The van der Waals surface area contributed by atoms with Gasteiger partial charge in [-0.2, -0.15) is 0 Å². The maximum Gasteiger partial charge on any atom is 0.500 e. The van der Waals surface area contributed by atoms with Crippen molar-refractivity contribution in [1.82, 2.24) is 4.98 Å². The molecular formula is C15H21NO3Si. The standard InChI is InChI=1S/C15H21NO3Si/c1-17-20(18-2,19-3)11-5-8-13-6-4-7-14-12-16-10-9-15(13)14/h4,6-7,9-10,12H,5,8,11H2,1-3H3. The maximum absolute atomic E-state index is 5.45. The van der Waals surface area contributed by atoms with E-state index in [-0.39, 0.29) is 0 Å². The second-order valence-electron chi connectivity index (χ2n) is 4.66. The Labute approximate surface area is 121 Å². The Hall–Kier alpha value is -1.27. The van der Waals surface area contributed by atoms with Crippen LogP contribution in [0.5, 0.6) is 0 Å². The normalized spacial score (nSPS) is 11.9. The van der Waals surface area contributed by atoms with E-state index in [1.807, 2.05) is 12.4 Å². The molecule has 2 rings (SSSR count). The van der Waals surface area contributed by atoms with Crippen LogP contribution in [-0.2, 0) is 19.7 Å². The van der Waals surface area contributed by atoms with Gasteiger partial charge in [-0.25, -0.2) is 0 Å². The Kier molecular flexibility index (Phi) is 5.25. The molecule has 5 heteroatoms. The van der Waals surface area contributed by atoms with Gasteiger partial charge >= 0.3 is 8.80 Å². The second kappa shape index (κ2) is 6.94. The molecule has 108 valence electrons. The van der Waals surface area contributed by atoms with Crippen LogP contribution in [0, 0.1) is 0 Å². The SMILES string of the molecule is CO[Si](CCCc1cccc2cnccc12)(OC)OC. The molecule has 1 aromatic carbocycles. The molecule has 0 radical (unpaired) electrons. The van der Waals surface area contributed by atoms with E-state index in [4.69, 9.17) is 13.3 Å². The minimum atomic E-state index is -2.45. The lowest BCUT2D eigenvalue weighted by molar-refractivity contribution is 0.123. The molecule has 0 aliphatic carbocycles. The minimum Gasteiger partial charge on any atom is -0.377 e. The second-order valence-corrected chi connectivity index (χ2v) is 7.75. The number of fused-ring (bicyclic) bond motifs is 1. The molecule has 0 atom stereocenters. The van der Waals surface area contributed by atoms with Crippen LogP contribution >= 0.6 is 0 Å². The summed E-state index contributed by atoms with van der Waals surface area (Å²) in [6.45, 7) is 0. The van der Waals surface area contributed by atoms with Crippen LogP contribution in [0.2, 0.25) is 6.04 Å². The Morgan fingerprint density at radius 3 is 2.50 bits per heavy atom. The predicted octanol–water partition coefficient (Wildman–Crippen LogP) is 3.05. The van der Waals surface area contributed by atoms with Crippen LogP contribution in [-0.4, -0.2) is 35.1 Å². The highest BCUT2D eigenvalue weighted by Gasteiger charge is 2.36. The van der Waals surface area contributed by atoms with Crippen molar-refractivity contribution in [3.8, 4) is 0 Å². The summed E-state index contributed by atoms with van der Waals surface area (Å²) in [5.74, 6) is 0. The highest BCUT2D eigenvalue weighted by atomic mass is 28.4. The third-order valence-electron chi connectivity index (χ3n) is 3.63. The summed E-state index contributed by atoms with van der Waals surface area (Å²) < 4.78 is 16.3. The Balaban J connectivity index is 2.06. The van der Waals surface area contributed by atoms with Gasteiger partial charge in [-0.05, 0) is 29.9 Å². The first-order valence-corrected chi connectivity index (χ1v) is 8.65. The van der Waals surface area contributed by atoms with Crippen molar-refractivity contribution < 1.29 is 13.3 Å². The van der Waals surface area contributed by atoms with Crippen LogP contribution in [0.4, 0.5) is 0 Å². The number of rotatable bonds is 7. The van der Waals surface area contributed by atoms with E-state index in [1.165, 1.54) is 16.3 Å².